The minimum atomic E-state index is 0.202. The Morgan fingerprint density at radius 2 is 1.81 bits per heavy atom. The average molecular weight is 289 g/mol. The molecule has 2 heteroatoms. The van der Waals surface area contributed by atoms with Crippen LogP contribution in [0.4, 0.5) is 0 Å². The summed E-state index contributed by atoms with van der Waals surface area (Å²) < 4.78 is 5.28. The molecule has 1 N–H and O–H groups in total. The monoisotopic (exact) mass is 289 g/mol. The average Bonchev–Trinajstić information content (AvgIpc) is 2.45. The molecule has 21 heavy (non-hydrogen) atoms. The fraction of sp³-hybridized carbons (Fsp3) is 0.684. The fourth-order valence-corrected chi connectivity index (χ4v) is 3.38. The van der Waals surface area contributed by atoms with Gasteiger partial charge in [0.15, 0.2) is 0 Å². The molecule has 1 aliphatic rings. The van der Waals surface area contributed by atoms with Gasteiger partial charge in [-0.2, -0.15) is 0 Å². The van der Waals surface area contributed by atoms with E-state index in [0.29, 0.717) is 5.92 Å². The Hall–Kier alpha value is -1.02. The molecule has 1 aromatic carbocycles. The third-order valence-electron chi connectivity index (χ3n) is 4.69. The van der Waals surface area contributed by atoms with Crippen molar-refractivity contribution in [3.05, 3.63) is 29.8 Å². The second-order valence-electron chi connectivity index (χ2n) is 7.69. The molecule has 0 aliphatic heterocycles. The van der Waals surface area contributed by atoms with Crippen LogP contribution >= 0.6 is 0 Å². The van der Waals surface area contributed by atoms with Crippen LogP contribution in [0.3, 0.4) is 0 Å². The SMILES string of the molecule is COc1ccc(C2CC(C)CCC2CNC(C)(C)C)cc1. The molecule has 0 amide bonds. The van der Waals surface area contributed by atoms with Crippen LogP contribution in [0.5, 0.6) is 5.75 Å². The molecule has 118 valence electrons. The lowest BCUT2D eigenvalue weighted by atomic mass is 9.71. The molecule has 0 radical (unpaired) electrons. The number of methoxy groups -OCH3 is 1. The summed E-state index contributed by atoms with van der Waals surface area (Å²) in [6.07, 6.45) is 4.01. The minimum absolute atomic E-state index is 0.202. The highest BCUT2D eigenvalue weighted by Gasteiger charge is 2.30. The molecule has 2 rings (SSSR count). The maximum atomic E-state index is 5.28. The van der Waals surface area contributed by atoms with Crippen LogP contribution in [0.25, 0.3) is 0 Å². The van der Waals surface area contributed by atoms with Crippen molar-refractivity contribution in [1.29, 1.82) is 0 Å². The van der Waals surface area contributed by atoms with E-state index in [1.165, 1.54) is 24.8 Å². The molecule has 1 aliphatic carbocycles. The van der Waals surface area contributed by atoms with Gasteiger partial charge >= 0.3 is 0 Å². The summed E-state index contributed by atoms with van der Waals surface area (Å²) in [7, 11) is 1.73. The van der Waals surface area contributed by atoms with Crippen LogP contribution in [0, 0.1) is 11.8 Å². The first kappa shape index (κ1) is 16.4. The van der Waals surface area contributed by atoms with Gasteiger partial charge in [0.05, 0.1) is 7.11 Å². The molecule has 2 nitrogen and oxygen atoms in total. The van der Waals surface area contributed by atoms with Crippen molar-refractivity contribution in [3.8, 4) is 5.75 Å². The van der Waals surface area contributed by atoms with Gasteiger partial charge in [0.2, 0.25) is 0 Å². The van der Waals surface area contributed by atoms with Crippen molar-refractivity contribution < 1.29 is 4.74 Å². The molecule has 0 aromatic heterocycles. The van der Waals surface area contributed by atoms with Gasteiger partial charge < -0.3 is 10.1 Å². The highest BCUT2D eigenvalue weighted by atomic mass is 16.5. The predicted molar refractivity (Wildman–Crippen MR) is 90.0 cm³/mol. The molecule has 0 bridgehead atoms. The first-order valence-electron chi connectivity index (χ1n) is 8.28. The molecule has 1 saturated carbocycles. The van der Waals surface area contributed by atoms with Gasteiger partial charge in [-0.1, -0.05) is 25.5 Å². The van der Waals surface area contributed by atoms with Crippen molar-refractivity contribution in [2.45, 2.75) is 58.4 Å². The van der Waals surface area contributed by atoms with E-state index in [9.17, 15) is 0 Å². The topological polar surface area (TPSA) is 21.3 Å². The Balaban J connectivity index is 2.10. The Kier molecular flexibility index (Phi) is 5.32. The van der Waals surface area contributed by atoms with Crippen LogP contribution in [0.15, 0.2) is 24.3 Å². The normalized spacial score (nSPS) is 26.6. The van der Waals surface area contributed by atoms with Gasteiger partial charge in [-0.15, -0.1) is 0 Å². The summed E-state index contributed by atoms with van der Waals surface area (Å²) in [5.74, 6) is 3.21. The molecule has 3 atom stereocenters. The molecule has 1 fully saturated rings. The second kappa shape index (κ2) is 6.83. The summed E-state index contributed by atoms with van der Waals surface area (Å²) in [6.45, 7) is 10.3. The van der Waals surface area contributed by atoms with E-state index in [0.717, 1.165) is 24.1 Å². The third-order valence-corrected chi connectivity index (χ3v) is 4.69. The predicted octanol–water partition coefficient (Wildman–Crippen LogP) is 4.60. The Morgan fingerprint density at radius 1 is 1.14 bits per heavy atom. The standard InChI is InChI=1S/C19H31NO/c1-14-6-7-16(13-20-19(2,3)4)18(12-14)15-8-10-17(21-5)11-9-15/h8-11,14,16,18,20H,6-7,12-13H2,1-5H3. The number of hydrogen-bond acceptors (Lipinski definition) is 2. The zero-order chi connectivity index (χ0) is 15.5. The minimum Gasteiger partial charge on any atom is -0.497 e. The van der Waals surface area contributed by atoms with Crippen LogP contribution in [0.2, 0.25) is 0 Å². The van der Waals surface area contributed by atoms with Crippen LogP contribution in [-0.2, 0) is 0 Å². The van der Waals surface area contributed by atoms with Crippen LogP contribution < -0.4 is 10.1 Å². The Bertz CT molecular complexity index is 432. The molecule has 3 unspecified atom stereocenters. The lowest BCUT2D eigenvalue weighted by Gasteiger charge is -2.37. The van der Waals surface area contributed by atoms with E-state index in [4.69, 9.17) is 4.74 Å². The molecular formula is C19H31NO. The molecular weight excluding hydrogens is 258 g/mol. The van der Waals surface area contributed by atoms with Crippen molar-refractivity contribution >= 4 is 0 Å². The third kappa shape index (κ3) is 4.74. The summed E-state index contributed by atoms with van der Waals surface area (Å²) >= 11 is 0. The number of hydrogen-bond donors (Lipinski definition) is 1. The first-order valence-corrected chi connectivity index (χ1v) is 8.28. The maximum absolute atomic E-state index is 5.28. The number of nitrogens with one attached hydrogen (secondary N) is 1. The van der Waals surface area contributed by atoms with Crippen molar-refractivity contribution in [3.63, 3.8) is 0 Å². The summed E-state index contributed by atoms with van der Waals surface area (Å²) in [6, 6.07) is 8.71. The molecule has 0 heterocycles. The zero-order valence-corrected chi connectivity index (χ0v) is 14.3. The number of benzene rings is 1. The first-order chi connectivity index (χ1) is 9.89. The van der Waals surface area contributed by atoms with E-state index in [1.54, 1.807) is 7.11 Å². The van der Waals surface area contributed by atoms with Gasteiger partial charge in [0, 0.05) is 5.54 Å². The highest BCUT2D eigenvalue weighted by Crippen LogP contribution is 2.40. The lowest BCUT2D eigenvalue weighted by molar-refractivity contribution is 0.227. The van der Waals surface area contributed by atoms with E-state index in [-0.39, 0.29) is 5.54 Å². The Labute approximate surface area is 130 Å². The summed E-state index contributed by atoms with van der Waals surface area (Å²) in [5, 5.41) is 3.70. The van der Waals surface area contributed by atoms with Crippen molar-refractivity contribution in [2.24, 2.45) is 11.8 Å². The largest absolute Gasteiger partial charge is 0.497 e. The van der Waals surface area contributed by atoms with Gasteiger partial charge in [-0.25, -0.2) is 0 Å². The quantitative estimate of drug-likeness (QED) is 0.874. The van der Waals surface area contributed by atoms with Crippen molar-refractivity contribution in [1.82, 2.24) is 5.32 Å². The van der Waals surface area contributed by atoms with Gasteiger partial charge in [-0.3, -0.25) is 0 Å². The van der Waals surface area contributed by atoms with Gasteiger partial charge in [-0.05, 0) is 75.6 Å². The van der Waals surface area contributed by atoms with Crippen LogP contribution in [-0.4, -0.2) is 19.2 Å². The molecule has 1 aromatic rings. The van der Waals surface area contributed by atoms with E-state index < -0.39 is 0 Å². The molecule has 0 spiro atoms. The van der Waals surface area contributed by atoms with Crippen LogP contribution in [0.1, 0.15) is 58.4 Å². The number of rotatable bonds is 4. The highest BCUT2D eigenvalue weighted by molar-refractivity contribution is 5.30. The number of ether oxygens (including phenoxy) is 1. The van der Waals surface area contributed by atoms with Crippen molar-refractivity contribution in [2.75, 3.05) is 13.7 Å². The Morgan fingerprint density at radius 3 is 2.38 bits per heavy atom. The second-order valence-corrected chi connectivity index (χ2v) is 7.69. The van der Waals surface area contributed by atoms with E-state index in [1.807, 2.05) is 0 Å². The fourth-order valence-electron chi connectivity index (χ4n) is 3.38. The summed E-state index contributed by atoms with van der Waals surface area (Å²) in [5.41, 5.74) is 1.68. The maximum Gasteiger partial charge on any atom is 0.118 e. The van der Waals surface area contributed by atoms with Gasteiger partial charge in [0.25, 0.3) is 0 Å². The van der Waals surface area contributed by atoms with E-state index >= 15 is 0 Å². The molecule has 0 saturated heterocycles. The summed E-state index contributed by atoms with van der Waals surface area (Å²) in [4.78, 5) is 0. The smallest absolute Gasteiger partial charge is 0.118 e. The lowest BCUT2D eigenvalue weighted by Crippen LogP contribution is -2.41. The van der Waals surface area contributed by atoms with Gasteiger partial charge in [0.1, 0.15) is 5.75 Å². The van der Waals surface area contributed by atoms with E-state index in [2.05, 4.69) is 57.3 Å². The zero-order valence-electron chi connectivity index (χ0n) is 14.3.